The van der Waals surface area contributed by atoms with Crippen LogP contribution in [-0.2, 0) is 18.7 Å². The van der Waals surface area contributed by atoms with Crippen LogP contribution < -0.4 is 5.32 Å². The van der Waals surface area contributed by atoms with Gasteiger partial charge in [0, 0.05) is 12.5 Å². The molecule has 2 aromatic carbocycles. The smallest absolute Gasteiger partial charge is 0.408 e. The average molecular weight is 468 g/mol. The SMILES string of the molecule is COC(=O)[C@](C)(CCCO[Si]C(C)(C)C)NC(=O)OCC1c2ccccc2-c2ccccc21. The van der Waals surface area contributed by atoms with E-state index in [0.717, 1.165) is 22.3 Å². The van der Waals surface area contributed by atoms with Crippen molar-refractivity contribution in [3.05, 3.63) is 59.7 Å². The topological polar surface area (TPSA) is 73.9 Å². The summed E-state index contributed by atoms with van der Waals surface area (Å²) in [5, 5.41) is 2.84. The van der Waals surface area contributed by atoms with Gasteiger partial charge in [-0.25, -0.2) is 9.59 Å². The molecule has 7 heteroatoms. The zero-order valence-electron chi connectivity index (χ0n) is 20.1. The Morgan fingerprint density at radius 2 is 1.55 bits per heavy atom. The maximum atomic E-state index is 12.7. The van der Waals surface area contributed by atoms with Crippen LogP contribution in [0.25, 0.3) is 11.1 Å². The fourth-order valence-electron chi connectivity index (χ4n) is 4.07. The summed E-state index contributed by atoms with van der Waals surface area (Å²) in [6, 6.07) is 16.3. The van der Waals surface area contributed by atoms with Crippen molar-refractivity contribution in [1.82, 2.24) is 5.32 Å². The average Bonchev–Trinajstić information content (AvgIpc) is 3.10. The number of hydrogen-bond acceptors (Lipinski definition) is 5. The number of benzene rings is 2. The summed E-state index contributed by atoms with van der Waals surface area (Å²) in [4.78, 5) is 25.2. The predicted molar refractivity (Wildman–Crippen MR) is 129 cm³/mol. The van der Waals surface area contributed by atoms with Gasteiger partial charge in [-0.1, -0.05) is 69.3 Å². The number of fused-ring (bicyclic) bond motifs is 3. The van der Waals surface area contributed by atoms with Crippen molar-refractivity contribution in [2.75, 3.05) is 20.3 Å². The van der Waals surface area contributed by atoms with Crippen molar-refractivity contribution in [2.24, 2.45) is 0 Å². The second-order valence-electron chi connectivity index (χ2n) is 9.58. The Bertz CT molecular complexity index is 941. The van der Waals surface area contributed by atoms with Gasteiger partial charge in [0.25, 0.3) is 0 Å². The summed E-state index contributed by atoms with van der Waals surface area (Å²) in [7, 11) is 1.69. The number of alkyl carbamates (subject to hydrolysis) is 1. The molecule has 0 aromatic heterocycles. The van der Waals surface area contributed by atoms with E-state index in [2.05, 4.69) is 50.4 Å². The summed E-state index contributed by atoms with van der Waals surface area (Å²) >= 11 is 0. The van der Waals surface area contributed by atoms with Crippen LogP contribution in [0.15, 0.2) is 48.5 Å². The first-order valence-electron chi connectivity index (χ1n) is 11.3. The maximum Gasteiger partial charge on any atom is 0.408 e. The number of carbonyl (C=O) groups excluding carboxylic acids is 2. The monoisotopic (exact) mass is 467 g/mol. The fraction of sp³-hybridized carbons (Fsp3) is 0.462. The molecule has 1 atom stereocenters. The molecule has 2 aromatic rings. The number of esters is 1. The van der Waals surface area contributed by atoms with Gasteiger partial charge >= 0.3 is 12.1 Å². The minimum absolute atomic E-state index is 0.0423. The lowest BCUT2D eigenvalue weighted by atomic mass is 9.96. The first kappa shape index (κ1) is 25.0. The number of carbonyl (C=O) groups is 2. The highest BCUT2D eigenvalue weighted by Crippen LogP contribution is 2.44. The molecule has 0 spiro atoms. The molecule has 3 rings (SSSR count). The van der Waals surface area contributed by atoms with Gasteiger partial charge in [0.05, 0.1) is 7.11 Å². The van der Waals surface area contributed by atoms with Crippen LogP contribution in [0.2, 0.25) is 5.04 Å². The van der Waals surface area contributed by atoms with Crippen LogP contribution in [0.4, 0.5) is 4.79 Å². The van der Waals surface area contributed by atoms with E-state index in [1.807, 2.05) is 24.3 Å². The summed E-state index contributed by atoms with van der Waals surface area (Å²) in [6.07, 6.45) is 0.360. The van der Waals surface area contributed by atoms with Crippen LogP contribution in [0.1, 0.15) is 57.6 Å². The molecule has 1 aliphatic carbocycles. The molecule has 1 amide bonds. The van der Waals surface area contributed by atoms with E-state index < -0.39 is 17.6 Å². The molecule has 33 heavy (non-hydrogen) atoms. The van der Waals surface area contributed by atoms with Gasteiger partial charge in [-0.05, 0) is 47.1 Å². The number of amides is 1. The van der Waals surface area contributed by atoms with E-state index in [1.54, 1.807) is 6.92 Å². The van der Waals surface area contributed by atoms with E-state index in [1.165, 1.54) is 7.11 Å². The minimum Gasteiger partial charge on any atom is -0.467 e. The Kier molecular flexibility index (Phi) is 7.97. The normalized spacial score (nSPS) is 14.7. The Labute approximate surface area is 199 Å². The van der Waals surface area contributed by atoms with Crippen LogP contribution in [0, 0.1) is 0 Å². The molecule has 6 nitrogen and oxygen atoms in total. The van der Waals surface area contributed by atoms with Gasteiger partial charge in [0.2, 0.25) is 9.76 Å². The van der Waals surface area contributed by atoms with Crippen molar-refractivity contribution >= 4 is 21.8 Å². The van der Waals surface area contributed by atoms with Gasteiger partial charge in [-0.2, -0.15) is 0 Å². The number of ether oxygens (including phenoxy) is 2. The summed E-state index contributed by atoms with van der Waals surface area (Å²) in [5.74, 6) is -0.548. The number of hydrogen-bond donors (Lipinski definition) is 1. The van der Waals surface area contributed by atoms with Gasteiger partial charge < -0.3 is 19.2 Å². The quantitative estimate of drug-likeness (QED) is 0.316. The van der Waals surface area contributed by atoms with Crippen molar-refractivity contribution in [3.8, 4) is 11.1 Å². The molecule has 0 fully saturated rings. The van der Waals surface area contributed by atoms with Gasteiger partial charge in [0.15, 0.2) is 0 Å². The van der Waals surface area contributed by atoms with Crippen LogP contribution >= 0.6 is 0 Å². The lowest BCUT2D eigenvalue weighted by Crippen LogP contribution is -2.53. The van der Waals surface area contributed by atoms with Crippen molar-refractivity contribution in [3.63, 3.8) is 0 Å². The molecule has 0 heterocycles. The molecule has 2 radical (unpaired) electrons. The van der Waals surface area contributed by atoms with E-state index in [-0.39, 0.29) is 17.6 Å². The highest BCUT2D eigenvalue weighted by molar-refractivity contribution is 6.31. The second kappa shape index (κ2) is 10.5. The van der Waals surface area contributed by atoms with Crippen LogP contribution in [-0.4, -0.2) is 47.7 Å². The molecule has 0 saturated heterocycles. The third-order valence-corrected chi connectivity index (χ3v) is 6.62. The van der Waals surface area contributed by atoms with Crippen molar-refractivity contribution < 1.29 is 23.5 Å². The zero-order valence-corrected chi connectivity index (χ0v) is 21.1. The molecule has 0 aliphatic heterocycles. The molecule has 0 unspecified atom stereocenters. The van der Waals surface area contributed by atoms with E-state index in [9.17, 15) is 9.59 Å². The molecule has 1 aliphatic rings. The molecular weight excluding hydrogens is 434 g/mol. The largest absolute Gasteiger partial charge is 0.467 e. The van der Waals surface area contributed by atoms with Gasteiger partial charge in [0.1, 0.15) is 12.1 Å². The lowest BCUT2D eigenvalue weighted by molar-refractivity contribution is -0.148. The summed E-state index contributed by atoms with van der Waals surface area (Å²) < 4.78 is 16.3. The zero-order chi connectivity index (χ0) is 24.1. The number of methoxy groups -OCH3 is 1. The first-order valence-corrected chi connectivity index (χ1v) is 12.2. The molecule has 0 saturated carbocycles. The lowest BCUT2D eigenvalue weighted by Gasteiger charge is -2.28. The Balaban J connectivity index is 1.60. The molecular formula is C26H33NO5Si. The Morgan fingerprint density at radius 1 is 0.970 bits per heavy atom. The van der Waals surface area contributed by atoms with Gasteiger partial charge in [-0.3, -0.25) is 0 Å². The highest BCUT2D eigenvalue weighted by Gasteiger charge is 2.37. The maximum absolute atomic E-state index is 12.7. The van der Waals surface area contributed by atoms with E-state index in [0.29, 0.717) is 29.2 Å². The number of rotatable bonds is 9. The summed E-state index contributed by atoms with van der Waals surface area (Å²) in [5.41, 5.74) is 3.42. The van der Waals surface area contributed by atoms with Gasteiger partial charge in [-0.15, -0.1) is 0 Å². The van der Waals surface area contributed by atoms with E-state index in [4.69, 9.17) is 13.9 Å². The van der Waals surface area contributed by atoms with E-state index >= 15 is 0 Å². The Morgan fingerprint density at radius 3 is 2.09 bits per heavy atom. The predicted octanol–water partition coefficient (Wildman–Crippen LogP) is 5.09. The number of nitrogens with one attached hydrogen (secondary N) is 1. The van der Waals surface area contributed by atoms with Crippen molar-refractivity contribution in [1.29, 1.82) is 0 Å². The minimum atomic E-state index is -1.19. The Hall–Kier alpha value is -2.64. The molecule has 1 N–H and O–H groups in total. The molecule has 176 valence electrons. The first-order chi connectivity index (χ1) is 15.6. The standard InChI is InChI=1S/C26H33NO5Si/c1-25(2,3)33-32-16-10-15-26(4,23(28)30-5)27-24(29)31-17-22-20-13-8-6-11-18(20)19-12-7-9-14-21(19)22/h6-9,11-14,22H,10,15-17H2,1-5H3,(H,27,29)/t26-/m0/s1. The van der Waals surface area contributed by atoms with Crippen molar-refractivity contribution in [2.45, 2.75) is 57.0 Å². The molecule has 0 bridgehead atoms. The second-order valence-corrected chi connectivity index (χ2v) is 11.6. The highest BCUT2D eigenvalue weighted by atomic mass is 28.2. The fourth-order valence-corrected chi connectivity index (χ4v) is 4.75. The third kappa shape index (κ3) is 6.24. The third-order valence-electron chi connectivity index (χ3n) is 5.66. The summed E-state index contributed by atoms with van der Waals surface area (Å²) in [6.45, 7) is 8.70. The van der Waals surface area contributed by atoms with Crippen LogP contribution in [0.3, 0.4) is 0 Å². The van der Waals surface area contributed by atoms with Crippen LogP contribution in [0.5, 0.6) is 0 Å².